The first-order valence-corrected chi connectivity index (χ1v) is 7.05. The van der Waals surface area contributed by atoms with Gasteiger partial charge in [-0.2, -0.15) is 0 Å². The van der Waals surface area contributed by atoms with Crippen LogP contribution in [0, 0.1) is 0 Å². The fraction of sp³-hybridized carbons (Fsp3) is 0.533. The van der Waals surface area contributed by atoms with E-state index in [2.05, 4.69) is 29.7 Å². The highest BCUT2D eigenvalue weighted by atomic mass is 16.2. The van der Waals surface area contributed by atoms with Crippen LogP contribution in [0.25, 0.3) is 0 Å². The maximum absolute atomic E-state index is 11.3. The normalized spacial score (nSPS) is 18.0. The second kappa shape index (κ2) is 6.68. The summed E-state index contributed by atoms with van der Waals surface area (Å²) in [5, 5.41) is 0. The van der Waals surface area contributed by atoms with Gasteiger partial charge < -0.3 is 5.73 Å². The Kier molecular flexibility index (Phi) is 4.93. The van der Waals surface area contributed by atoms with Crippen LogP contribution in [0.3, 0.4) is 0 Å². The first kappa shape index (κ1) is 14.0. The summed E-state index contributed by atoms with van der Waals surface area (Å²) >= 11 is 0. The number of carbonyl (C=O) groups is 1. The first-order valence-electron chi connectivity index (χ1n) is 7.05. The van der Waals surface area contributed by atoms with E-state index in [-0.39, 0.29) is 5.91 Å². The van der Waals surface area contributed by atoms with E-state index in [0.717, 1.165) is 5.56 Å². The van der Waals surface area contributed by atoms with Crippen molar-refractivity contribution in [1.29, 1.82) is 0 Å². The third-order valence-corrected chi connectivity index (χ3v) is 3.99. The largest absolute Gasteiger partial charge is 0.320 e. The average Bonchev–Trinajstić information content (AvgIpc) is 2.48. The van der Waals surface area contributed by atoms with Crippen molar-refractivity contribution in [2.45, 2.75) is 50.5 Å². The number of nitrogens with one attached hydrogen (secondary N) is 1. The predicted molar refractivity (Wildman–Crippen MR) is 76.3 cm³/mol. The summed E-state index contributed by atoms with van der Waals surface area (Å²) in [4.78, 5) is 11.3. The van der Waals surface area contributed by atoms with Crippen LogP contribution in [0.5, 0.6) is 0 Å². The molecule has 5 N–H and O–H groups in total. The van der Waals surface area contributed by atoms with Crippen molar-refractivity contribution in [1.82, 2.24) is 5.43 Å². The molecule has 0 saturated heterocycles. The number of nitrogens with two attached hydrogens (primary N) is 2. The second-order valence-electron chi connectivity index (χ2n) is 5.40. The Labute approximate surface area is 114 Å². The van der Waals surface area contributed by atoms with Gasteiger partial charge in [0.2, 0.25) is 0 Å². The van der Waals surface area contributed by atoms with Gasteiger partial charge in [0.25, 0.3) is 5.91 Å². The van der Waals surface area contributed by atoms with Gasteiger partial charge in [-0.1, -0.05) is 43.5 Å². The number of rotatable bonds is 4. The zero-order valence-corrected chi connectivity index (χ0v) is 11.3. The minimum Gasteiger partial charge on any atom is -0.320 e. The third kappa shape index (κ3) is 3.78. The van der Waals surface area contributed by atoms with Gasteiger partial charge in [0.1, 0.15) is 0 Å². The number of amides is 1. The van der Waals surface area contributed by atoms with E-state index in [1.165, 1.54) is 37.7 Å². The first-order chi connectivity index (χ1) is 9.20. The SMILES string of the molecule is NNC(=O)C(N)Cc1ccc(C2CCCCC2)cc1. The fourth-order valence-corrected chi connectivity index (χ4v) is 2.82. The zero-order valence-electron chi connectivity index (χ0n) is 11.3. The Hall–Kier alpha value is -1.39. The van der Waals surface area contributed by atoms with Crippen LogP contribution >= 0.6 is 0 Å². The summed E-state index contributed by atoms with van der Waals surface area (Å²) in [5.74, 6) is 5.46. The van der Waals surface area contributed by atoms with Gasteiger partial charge in [0.05, 0.1) is 6.04 Å². The van der Waals surface area contributed by atoms with Gasteiger partial charge in [0, 0.05) is 0 Å². The van der Waals surface area contributed by atoms with Gasteiger partial charge in [-0.25, -0.2) is 5.84 Å². The van der Waals surface area contributed by atoms with Crippen molar-refractivity contribution in [3.05, 3.63) is 35.4 Å². The number of hydrogen-bond acceptors (Lipinski definition) is 3. The van der Waals surface area contributed by atoms with Gasteiger partial charge in [0.15, 0.2) is 0 Å². The highest BCUT2D eigenvalue weighted by Crippen LogP contribution is 2.32. The second-order valence-corrected chi connectivity index (χ2v) is 5.40. The maximum Gasteiger partial charge on any atom is 0.251 e. The number of hydrogen-bond donors (Lipinski definition) is 3. The molecule has 1 aliphatic rings. The van der Waals surface area contributed by atoms with Gasteiger partial charge in [-0.15, -0.1) is 0 Å². The van der Waals surface area contributed by atoms with E-state index in [9.17, 15) is 4.79 Å². The lowest BCUT2D eigenvalue weighted by Crippen LogP contribution is -2.45. The number of hydrazine groups is 1. The quantitative estimate of drug-likeness (QED) is 0.437. The van der Waals surface area contributed by atoms with E-state index < -0.39 is 6.04 Å². The summed E-state index contributed by atoms with van der Waals surface area (Å²) in [7, 11) is 0. The van der Waals surface area contributed by atoms with E-state index in [1.807, 2.05) is 0 Å². The molecule has 4 heteroatoms. The minimum absolute atomic E-state index is 0.323. The van der Waals surface area contributed by atoms with Crippen LogP contribution in [-0.4, -0.2) is 11.9 Å². The van der Waals surface area contributed by atoms with Crippen LogP contribution in [0.4, 0.5) is 0 Å². The van der Waals surface area contributed by atoms with Gasteiger partial charge >= 0.3 is 0 Å². The smallest absolute Gasteiger partial charge is 0.251 e. The van der Waals surface area contributed by atoms with Crippen molar-refractivity contribution in [2.24, 2.45) is 11.6 Å². The van der Waals surface area contributed by atoms with Gasteiger partial charge in [-0.3, -0.25) is 10.2 Å². The molecule has 1 fully saturated rings. The van der Waals surface area contributed by atoms with Crippen LogP contribution < -0.4 is 17.0 Å². The Balaban J connectivity index is 1.96. The molecule has 0 aromatic heterocycles. The summed E-state index contributed by atoms with van der Waals surface area (Å²) in [6, 6.07) is 7.93. The molecule has 1 amide bonds. The highest BCUT2D eigenvalue weighted by molar-refractivity contribution is 5.81. The minimum atomic E-state index is -0.578. The molecule has 0 bridgehead atoms. The molecule has 1 saturated carbocycles. The Morgan fingerprint density at radius 3 is 2.42 bits per heavy atom. The molecule has 4 nitrogen and oxygen atoms in total. The number of benzene rings is 1. The summed E-state index contributed by atoms with van der Waals surface area (Å²) in [6.45, 7) is 0. The summed E-state index contributed by atoms with van der Waals surface area (Å²) < 4.78 is 0. The molecule has 1 atom stereocenters. The van der Waals surface area contributed by atoms with Crippen molar-refractivity contribution >= 4 is 5.91 Å². The van der Waals surface area contributed by atoms with Crippen LogP contribution in [0.1, 0.15) is 49.1 Å². The van der Waals surface area contributed by atoms with E-state index in [1.54, 1.807) is 0 Å². The van der Waals surface area contributed by atoms with E-state index in [4.69, 9.17) is 11.6 Å². The Morgan fingerprint density at radius 2 is 1.84 bits per heavy atom. The molecule has 1 aromatic carbocycles. The maximum atomic E-state index is 11.3. The molecule has 0 spiro atoms. The average molecular weight is 261 g/mol. The molecule has 1 unspecified atom stereocenters. The summed E-state index contributed by atoms with van der Waals surface area (Å²) in [6.07, 6.45) is 7.18. The lowest BCUT2D eigenvalue weighted by atomic mass is 9.84. The van der Waals surface area contributed by atoms with Crippen LogP contribution in [0.15, 0.2) is 24.3 Å². The van der Waals surface area contributed by atoms with Crippen molar-refractivity contribution < 1.29 is 4.79 Å². The van der Waals surface area contributed by atoms with Crippen LogP contribution in [0.2, 0.25) is 0 Å². The molecule has 1 aliphatic carbocycles. The Morgan fingerprint density at radius 1 is 1.21 bits per heavy atom. The number of carbonyl (C=O) groups excluding carboxylic acids is 1. The van der Waals surface area contributed by atoms with E-state index in [0.29, 0.717) is 12.3 Å². The molecule has 19 heavy (non-hydrogen) atoms. The van der Waals surface area contributed by atoms with E-state index >= 15 is 0 Å². The molecule has 0 aliphatic heterocycles. The highest BCUT2D eigenvalue weighted by Gasteiger charge is 2.16. The van der Waals surface area contributed by atoms with Crippen LogP contribution in [-0.2, 0) is 11.2 Å². The Bertz CT molecular complexity index is 410. The summed E-state index contributed by atoms with van der Waals surface area (Å²) in [5.41, 5.74) is 10.3. The molecular formula is C15H23N3O. The zero-order chi connectivity index (χ0) is 13.7. The topological polar surface area (TPSA) is 81.1 Å². The molecule has 0 heterocycles. The molecule has 104 valence electrons. The standard InChI is InChI=1S/C15H23N3O/c16-14(15(19)18-17)10-11-6-8-13(9-7-11)12-4-2-1-3-5-12/h6-9,12,14H,1-5,10,16-17H2,(H,18,19). The van der Waals surface area contributed by atoms with Crippen molar-refractivity contribution in [2.75, 3.05) is 0 Å². The molecule has 0 radical (unpaired) electrons. The fourth-order valence-electron chi connectivity index (χ4n) is 2.82. The molecular weight excluding hydrogens is 238 g/mol. The third-order valence-electron chi connectivity index (χ3n) is 3.99. The van der Waals surface area contributed by atoms with Gasteiger partial charge in [-0.05, 0) is 36.3 Å². The molecule has 1 aromatic rings. The lowest BCUT2D eigenvalue weighted by molar-refractivity contribution is -0.122. The lowest BCUT2D eigenvalue weighted by Gasteiger charge is -2.22. The predicted octanol–water partition coefficient (Wildman–Crippen LogP) is 1.59. The monoisotopic (exact) mass is 261 g/mol. The van der Waals surface area contributed by atoms with Crippen molar-refractivity contribution in [3.8, 4) is 0 Å². The molecule has 2 rings (SSSR count). The van der Waals surface area contributed by atoms with Crippen molar-refractivity contribution in [3.63, 3.8) is 0 Å².